The summed E-state index contributed by atoms with van der Waals surface area (Å²) in [5.41, 5.74) is -1.51. The number of anilines is 1. The summed E-state index contributed by atoms with van der Waals surface area (Å²) in [4.78, 5) is 28.2. The summed E-state index contributed by atoms with van der Waals surface area (Å²) in [6.07, 6.45) is -1.73. The van der Waals surface area contributed by atoms with Gasteiger partial charge in [-0.15, -0.1) is 0 Å². The van der Waals surface area contributed by atoms with E-state index in [4.69, 9.17) is 11.6 Å². The lowest BCUT2D eigenvalue weighted by Crippen LogP contribution is -2.25. The van der Waals surface area contributed by atoms with Crippen molar-refractivity contribution in [2.45, 2.75) is 25.9 Å². The molecule has 0 saturated carbocycles. The molecule has 0 aliphatic carbocycles. The smallest absolute Gasteiger partial charge is 0.352 e. The standard InChI is InChI=1S/C18H17ClF3N3O2/c1-2-3-7-24-16(26)11-6-8-23-15(9-11)17(27)25-14-5-4-12(19)10-13(14)18(20,21)22/h4-6,8-10H,2-3,7H2,1H3,(H,24,26)(H,25,27). The molecule has 1 aromatic carbocycles. The van der Waals surface area contributed by atoms with Crippen LogP contribution in [0.3, 0.4) is 0 Å². The maximum atomic E-state index is 13.1. The molecule has 0 spiro atoms. The van der Waals surface area contributed by atoms with Crippen molar-refractivity contribution in [3.8, 4) is 0 Å². The van der Waals surface area contributed by atoms with E-state index in [2.05, 4.69) is 15.6 Å². The van der Waals surface area contributed by atoms with Crippen molar-refractivity contribution in [1.82, 2.24) is 10.3 Å². The number of nitrogens with zero attached hydrogens (tertiary/aromatic N) is 1. The maximum absolute atomic E-state index is 13.1. The topological polar surface area (TPSA) is 71.1 Å². The lowest BCUT2D eigenvalue weighted by molar-refractivity contribution is -0.136. The summed E-state index contributed by atoms with van der Waals surface area (Å²) in [5, 5.41) is 4.75. The lowest BCUT2D eigenvalue weighted by atomic mass is 10.1. The van der Waals surface area contributed by atoms with Crippen molar-refractivity contribution in [3.63, 3.8) is 0 Å². The fourth-order valence-electron chi connectivity index (χ4n) is 2.22. The van der Waals surface area contributed by atoms with Crippen molar-refractivity contribution < 1.29 is 22.8 Å². The van der Waals surface area contributed by atoms with Gasteiger partial charge < -0.3 is 10.6 Å². The van der Waals surface area contributed by atoms with Crippen molar-refractivity contribution in [1.29, 1.82) is 0 Å². The monoisotopic (exact) mass is 399 g/mol. The number of carbonyl (C=O) groups is 2. The van der Waals surface area contributed by atoms with Gasteiger partial charge in [0.1, 0.15) is 5.69 Å². The molecule has 9 heteroatoms. The quantitative estimate of drug-likeness (QED) is 0.701. The number of rotatable bonds is 6. The molecule has 0 unspecified atom stereocenters. The van der Waals surface area contributed by atoms with E-state index >= 15 is 0 Å². The Balaban J connectivity index is 2.20. The molecule has 0 saturated heterocycles. The molecular weight excluding hydrogens is 383 g/mol. The number of halogens is 4. The Morgan fingerprint density at radius 3 is 2.56 bits per heavy atom. The predicted octanol–water partition coefficient (Wildman–Crippen LogP) is 4.54. The summed E-state index contributed by atoms with van der Waals surface area (Å²) in [6, 6.07) is 5.66. The molecule has 0 aliphatic rings. The van der Waals surface area contributed by atoms with Gasteiger partial charge in [-0.05, 0) is 36.8 Å². The number of nitrogens with one attached hydrogen (secondary N) is 2. The third-order valence-corrected chi connectivity index (χ3v) is 3.84. The number of amides is 2. The van der Waals surface area contributed by atoms with Crippen molar-refractivity contribution in [2.24, 2.45) is 0 Å². The average Bonchev–Trinajstić information content (AvgIpc) is 2.62. The molecule has 5 nitrogen and oxygen atoms in total. The van der Waals surface area contributed by atoms with Gasteiger partial charge in [-0.25, -0.2) is 0 Å². The van der Waals surface area contributed by atoms with Crippen LogP contribution in [0, 0.1) is 0 Å². The predicted molar refractivity (Wildman–Crippen MR) is 95.9 cm³/mol. The Kier molecular flexibility index (Phi) is 6.79. The molecule has 2 rings (SSSR count). The number of hydrogen-bond donors (Lipinski definition) is 2. The van der Waals surface area contributed by atoms with Gasteiger partial charge in [0, 0.05) is 23.3 Å². The number of unbranched alkanes of at least 4 members (excludes halogenated alkanes) is 1. The van der Waals surface area contributed by atoms with Crippen LogP contribution in [0.4, 0.5) is 18.9 Å². The molecule has 27 heavy (non-hydrogen) atoms. The number of carbonyl (C=O) groups excluding carboxylic acids is 2. The van der Waals surface area contributed by atoms with Crippen LogP contribution >= 0.6 is 11.6 Å². The first-order valence-corrected chi connectivity index (χ1v) is 8.52. The number of benzene rings is 1. The maximum Gasteiger partial charge on any atom is 0.418 e. The largest absolute Gasteiger partial charge is 0.418 e. The van der Waals surface area contributed by atoms with Gasteiger partial charge in [-0.2, -0.15) is 13.2 Å². The van der Waals surface area contributed by atoms with Crippen LogP contribution < -0.4 is 10.6 Å². The number of hydrogen-bond acceptors (Lipinski definition) is 3. The Bertz CT molecular complexity index is 841. The summed E-state index contributed by atoms with van der Waals surface area (Å²) in [6.45, 7) is 2.46. The molecular formula is C18H17ClF3N3O2. The van der Waals surface area contributed by atoms with Crippen LogP contribution in [-0.4, -0.2) is 23.3 Å². The zero-order valence-corrected chi connectivity index (χ0v) is 15.1. The number of pyridine rings is 1. The van der Waals surface area contributed by atoms with Gasteiger partial charge in [0.25, 0.3) is 11.8 Å². The van der Waals surface area contributed by atoms with Crippen LogP contribution in [0.25, 0.3) is 0 Å². The van der Waals surface area contributed by atoms with Crippen LogP contribution in [0.2, 0.25) is 5.02 Å². The normalized spacial score (nSPS) is 11.1. The second-order valence-electron chi connectivity index (χ2n) is 5.68. The molecule has 2 aromatic rings. The van der Waals surface area contributed by atoms with Gasteiger partial charge in [-0.3, -0.25) is 14.6 Å². The summed E-state index contributed by atoms with van der Waals surface area (Å²) < 4.78 is 39.4. The van der Waals surface area contributed by atoms with Crippen LogP contribution in [-0.2, 0) is 6.18 Å². The Morgan fingerprint density at radius 2 is 1.89 bits per heavy atom. The lowest BCUT2D eigenvalue weighted by Gasteiger charge is -2.14. The molecule has 0 bridgehead atoms. The van der Waals surface area contributed by atoms with Gasteiger partial charge in [0.05, 0.1) is 11.3 Å². The van der Waals surface area contributed by atoms with Crippen LogP contribution in [0.5, 0.6) is 0 Å². The minimum absolute atomic E-state index is 0.107. The number of aromatic nitrogens is 1. The van der Waals surface area contributed by atoms with Crippen LogP contribution in [0.1, 0.15) is 46.2 Å². The molecule has 2 N–H and O–H groups in total. The molecule has 144 valence electrons. The molecule has 1 aromatic heterocycles. The SMILES string of the molecule is CCCCNC(=O)c1ccnc(C(=O)Nc2ccc(Cl)cc2C(F)(F)F)c1. The molecule has 0 fully saturated rings. The highest BCUT2D eigenvalue weighted by Gasteiger charge is 2.34. The molecule has 0 aliphatic heterocycles. The number of alkyl halides is 3. The Hall–Kier alpha value is -2.61. The first kappa shape index (κ1) is 20.7. The van der Waals surface area contributed by atoms with Crippen LogP contribution in [0.15, 0.2) is 36.5 Å². The molecule has 1 heterocycles. The van der Waals surface area contributed by atoms with Gasteiger partial charge >= 0.3 is 6.18 Å². The highest BCUT2D eigenvalue weighted by Crippen LogP contribution is 2.36. The van der Waals surface area contributed by atoms with Gasteiger partial charge in [-0.1, -0.05) is 24.9 Å². The van der Waals surface area contributed by atoms with E-state index in [-0.39, 0.29) is 22.2 Å². The van der Waals surface area contributed by atoms with Gasteiger partial charge in [0.2, 0.25) is 0 Å². The first-order valence-electron chi connectivity index (χ1n) is 8.14. The average molecular weight is 400 g/mol. The minimum Gasteiger partial charge on any atom is -0.352 e. The van der Waals surface area contributed by atoms with E-state index in [9.17, 15) is 22.8 Å². The second kappa shape index (κ2) is 8.85. The van der Waals surface area contributed by atoms with E-state index in [1.165, 1.54) is 24.4 Å². The zero-order chi connectivity index (χ0) is 20.0. The molecule has 2 amide bonds. The van der Waals surface area contributed by atoms with Crippen molar-refractivity contribution in [3.05, 3.63) is 58.4 Å². The third-order valence-electron chi connectivity index (χ3n) is 3.61. The Labute approximate surface area is 158 Å². The summed E-state index contributed by atoms with van der Waals surface area (Å²) in [7, 11) is 0. The molecule has 0 radical (unpaired) electrons. The second-order valence-corrected chi connectivity index (χ2v) is 6.12. The van der Waals surface area contributed by atoms with E-state index < -0.39 is 23.3 Å². The van der Waals surface area contributed by atoms with E-state index in [1.54, 1.807) is 0 Å². The fourth-order valence-corrected chi connectivity index (χ4v) is 2.40. The van der Waals surface area contributed by atoms with Gasteiger partial charge in [0.15, 0.2) is 0 Å². The van der Waals surface area contributed by atoms with Crippen molar-refractivity contribution >= 4 is 29.1 Å². The Morgan fingerprint density at radius 1 is 1.15 bits per heavy atom. The zero-order valence-electron chi connectivity index (χ0n) is 14.4. The first-order chi connectivity index (χ1) is 12.7. The summed E-state index contributed by atoms with van der Waals surface area (Å²) >= 11 is 5.61. The van der Waals surface area contributed by atoms with E-state index in [0.717, 1.165) is 25.0 Å². The highest BCUT2D eigenvalue weighted by atomic mass is 35.5. The van der Waals surface area contributed by atoms with Crippen molar-refractivity contribution in [2.75, 3.05) is 11.9 Å². The minimum atomic E-state index is -4.69. The van der Waals surface area contributed by atoms with E-state index in [1.807, 2.05) is 6.92 Å². The highest BCUT2D eigenvalue weighted by molar-refractivity contribution is 6.30. The molecule has 0 atom stereocenters. The third kappa shape index (κ3) is 5.68. The summed E-state index contributed by atoms with van der Waals surface area (Å²) in [5.74, 6) is -1.26. The van der Waals surface area contributed by atoms with E-state index in [0.29, 0.717) is 6.54 Å². The fraction of sp³-hybridized carbons (Fsp3) is 0.278.